The van der Waals surface area contributed by atoms with Crippen molar-refractivity contribution in [2.45, 2.75) is 0 Å². The second kappa shape index (κ2) is 2.47. The lowest BCUT2D eigenvalue weighted by Crippen LogP contribution is -1.98. The van der Waals surface area contributed by atoms with E-state index in [-0.39, 0.29) is 0 Å². The Balaban J connectivity index is 2.28. The predicted molar refractivity (Wildman–Crippen MR) is 36.3 cm³/mol. The van der Waals surface area contributed by atoms with Crippen LogP contribution in [-0.2, 0) is 0 Å². The largest absolute Gasteiger partial charge is 0.228 e. The van der Waals surface area contributed by atoms with Gasteiger partial charge in [0.1, 0.15) is 0 Å². The van der Waals surface area contributed by atoms with Crippen LogP contribution in [0.15, 0.2) is 5.10 Å². The minimum absolute atomic E-state index is 1.00. The molecule has 7 heavy (non-hydrogen) atoms. The standard InChI is InChI=1S/C3H6N2S2/c1-6-5-3-7-2-4-5/h2H,3H2,1H3. The van der Waals surface area contributed by atoms with Gasteiger partial charge < -0.3 is 0 Å². The van der Waals surface area contributed by atoms with Crippen LogP contribution in [0.5, 0.6) is 0 Å². The first kappa shape index (κ1) is 5.31. The fourth-order valence-corrected chi connectivity index (χ4v) is 1.56. The van der Waals surface area contributed by atoms with Crippen molar-refractivity contribution >= 4 is 29.3 Å². The van der Waals surface area contributed by atoms with Gasteiger partial charge in [-0.05, 0) is 11.9 Å². The highest BCUT2D eigenvalue weighted by atomic mass is 32.2. The van der Waals surface area contributed by atoms with E-state index < -0.39 is 0 Å². The molecule has 0 aromatic carbocycles. The Morgan fingerprint density at radius 2 is 2.86 bits per heavy atom. The third kappa shape index (κ3) is 1.28. The molecule has 0 N–H and O–H groups in total. The van der Waals surface area contributed by atoms with Gasteiger partial charge in [0.15, 0.2) is 0 Å². The van der Waals surface area contributed by atoms with Crippen molar-refractivity contribution in [1.29, 1.82) is 0 Å². The topological polar surface area (TPSA) is 15.6 Å². The van der Waals surface area contributed by atoms with Crippen LogP contribution in [0.1, 0.15) is 0 Å². The van der Waals surface area contributed by atoms with Gasteiger partial charge >= 0.3 is 0 Å². The van der Waals surface area contributed by atoms with Gasteiger partial charge in [0, 0.05) is 6.26 Å². The highest BCUT2D eigenvalue weighted by molar-refractivity contribution is 8.13. The molecule has 0 bridgehead atoms. The van der Waals surface area contributed by atoms with Crippen molar-refractivity contribution in [1.82, 2.24) is 4.41 Å². The molecule has 0 saturated heterocycles. The highest BCUT2D eigenvalue weighted by Gasteiger charge is 2.01. The highest BCUT2D eigenvalue weighted by Crippen LogP contribution is 2.16. The second-order valence-electron chi connectivity index (χ2n) is 1.05. The molecule has 0 radical (unpaired) electrons. The van der Waals surface area contributed by atoms with Crippen molar-refractivity contribution in [3.05, 3.63) is 0 Å². The van der Waals surface area contributed by atoms with Gasteiger partial charge in [-0.25, -0.2) is 4.41 Å². The maximum absolute atomic E-state index is 3.99. The average molecular weight is 134 g/mol. The molecular formula is C3H6N2S2. The van der Waals surface area contributed by atoms with Crippen LogP contribution < -0.4 is 0 Å². The summed E-state index contributed by atoms with van der Waals surface area (Å²) in [5, 5.41) is 3.99. The number of rotatable bonds is 1. The van der Waals surface area contributed by atoms with Crippen LogP contribution in [0, 0.1) is 0 Å². The Bertz CT molecular complexity index is 83.0. The number of thioether (sulfide) groups is 1. The summed E-state index contributed by atoms with van der Waals surface area (Å²) in [4.78, 5) is 0. The summed E-state index contributed by atoms with van der Waals surface area (Å²) >= 11 is 3.37. The number of hydrogen-bond acceptors (Lipinski definition) is 4. The maximum Gasteiger partial charge on any atom is 0.0991 e. The van der Waals surface area contributed by atoms with Crippen LogP contribution in [-0.4, -0.2) is 22.1 Å². The Kier molecular flexibility index (Phi) is 1.87. The molecule has 1 aliphatic heterocycles. The van der Waals surface area contributed by atoms with Crippen molar-refractivity contribution < 1.29 is 0 Å². The summed E-state index contributed by atoms with van der Waals surface area (Å²) in [5.41, 5.74) is 1.86. The minimum atomic E-state index is 1.00. The molecule has 0 spiro atoms. The maximum atomic E-state index is 3.99. The van der Waals surface area contributed by atoms with Crippen LogP contribution in [0.25, 0.3) is 0 Å². The third-order valence-corrected chi connectivity index (χ3v) is 2.09. The lowest BCUT2D eigenvalue weighted by molar-refractivity contribution is 0.611. The van der Waals surface area contributed by atoms with E-state index in [1.165, 1.54) is 0 Å². The molecule has 1 rings (SSSR count). The van der Waals surface area contributed by atoms with Gasteiger partial charge in [0.05, 0.1) is 11.4 Å². The van der Waals surface area contributed by atoms with E-state index in [1.807, 2.05) is 16.2 Å². The van der Waals surface area contributed by atoms with E-state index in [2.05, 4.69) is 5.10 Å². The molecule has 0 unspecified atom stereocenters. The zero-order valence-electron chi connectivity index (χ0n) is 4.00. The zero-order chi connectivity index (χ0) is 5.11. The molecule has 0 fully saturated rings. The Morgan fingerprint density at radius 1 is 2.00 bits per heavy atom. The van der Waals surface area contributed by atoms with Crippen molar-refractivity contribution in [3.8, 4) is 0 Å². The molecule has 0 aromatic heterocycles. The van der Waals surface area contributed by atoms with Crippen LogP contribution >= 0.6 is 23.7 Å². The summed E-state index contributed by atoms with van der Waals surface area (Å²) in [6, 6.07) is 0. The molecule has 40 valence electrons. The molecule has 1 heterocycles. The monoisotopic (exact) mass is 134 g/mol. The van der Waals surface area contributed by atoms with Crippen molar-refractivity contribution in [2.75, 3.05) is 12.1 Å². The third-order valence-electron chi connectivity index (χ3n) is 0.646. The van der Waals surface area contributed by atoms with E-state index in [9.17, 15) is 0 Å². The Labute approximate surface area is 51.5 Å². The molecule has 0 atom stereocenters. The number of hydrazone groups is 1. The van der Waals surface area contributed by atoms with Gasteiger partial charge in [0.25, 0.3) is 0 Å². The summed E-state index contributed by atoms with van der Waals surface area (Å²) in [6.07, 6.45) is 2.02. The van der Waals surface area contributed by atoms with E-state index in [0.717, 1.165) is 5.88 Å². The van der Waals surface area contributed by atoms with Crippen LogP contribution in [0.3, 0.4) is 0 Å². The average Bonchev–Trinajstić information content (AvgIpc) is 2.14. The van der Waals surface area contributed by atoms with E-state index >= 15 is 0 Å². The molecule has 0 amide bonds. The zero-order valence-corrected chi connectivity index (χ0v) is 5.63. The van der Waals surface area contributed by atoms with Crippen LogP contribution in [0.2, 0.25) is 0 Å². The lowest BCUT2D eigenvalue weighted by atomic mass is 11.5. The smallest absolute Gasteiger partial charge is 0.0991 e. The van der Waals surface area contributed by atoms with Gasteiger partial charge in [-0.2, -0.15) is 5.10 Å². The second-order valence-corrected chi connectivity index (χ2v) is 2.64. The SMILES string of the molecule is CSN1CSC=N1. The molecule has 2 nitrogen and oxygen atoms in total. The quantitative estimate of drug-likeness (QED) is 0.501. The molecular weight excluding hydrogens is 128 g/mol. The van der Waals surface area contributed by atoms with Crippen molar-refractivity contribution in [2.24, 2.45) is 5.10 Å². The first-order valence-corrected chi connectivity index (χ1v) is 4.12. The van der Waals surface area contributed by atoms with E-state index in [0.29, 0.717) is 0 Å². The van der Waals surface area contributed by atoms with Gasteiger partial charge in [-0.3, -0.25) is 0 Å². The van der Waals surface area contributed by atoms with Gasteiger partial charge in [0.2, 0.25) is 0 Å². The molecule has 0 aliphatic carbocycles. The summed E-state index contributed by atoms with van der Waals surface area (Å²) in [6.45, 7) is 0. The summed E-state index contributed by atoms with van der Waals surface area (Å²) in [7, 11) is 0. The van der Waals surface area contributed by atoms with Gasteiger partial charge in [-0.1, -0.05) is 11.8 Å². The van der Waals surface area contributed by atoms with E-state index in [1.54, 1.807) is 23.7 Å². The fourth-order valence-electron chi connectivity index (χ4n) is 0.316. The molecule has 0 aromatic rings. The van der Waals surface area contributed by atoms with Crippen molar-refractivity contribution in [3.63, 3.8) is 0 Å². The predicted octanol–water partition coefficient (Wildman–Crippen LogP) is 1.21. The lowest BCUT2D eigenvalue weighted by Gasteiger charge is -2.04. The molecule has 0 saturated carbocycles. The summed E-state index contributed by atoms with van der Waals surface area (Å²) in [5.74, 6) is 1.00. The normalized spacial score (nSPS) is 18.7. The Hall–Kier alpha value is 0.170. The Morgan fingerprint density at radius 3 is 3.14 bits per heavy atom. The van der Waals surface area contributed by atoms with Gasteiger partial charge in [-0.15, -0.1) is 0 Å². The first-order chi connectivity index (χ1) is 3.43. The first-order valence-electron chi connectivity index (χ1n) is 1.89. The number of nitrogens with zero attached hydrogens (tertiary/aromatic N) is 2. The number of hydrogen-bond donors (Lipinski definition) is 0. The van der Waals surface area contributed by atoms with E-state index in [4.69, 9.17) is 0 Å². The molecule has 4 heteroatoms. The van der Waals surface area contributed by atoms with Crippen LogP contribution in [0.4, 0.5) is 0 Å². The molecule has 1 aliphatic rings. The fraction of sp³-hybridized carbons (Fsp3) is 0.667. The minimum Gasteiger partial charge on any atom is -0.228 e. The summed E-state index contributed by atoms with van der Waals surface area (Å²) < 4.78 is 1.94.